The number of likely N-dealkylation sites (N-methyl/N-ethyl adjacent to an activating group) is 1. The molecule has 2 heterocycles. The van der Waals surface area contributed by atoms with Crippen molar-refractivity contribution in [3.8, 4) is 11.6 Å². The van der Waals surface area contributed by atoms with Gasteiger partial charge in [-0.3, -0.25) is 4.90 Å². The molecule has 1 aliphatic heterocycles. The molecule has 2 aromatic rings. The molecule has 0 spiro atoms. The summed E-state index contributed by atoms with van der Waals surface area (Å²) in [5.74, 6) is 1.21. The van der Waals surface area contributed by atoms with Gasteiger partial charge in [-0.25, -0.2) is 9.78 Å². The number of pyridine rings is 1. The highest BCUT2D eigenvalue weighted by molar-refractivity contribution is 5.89. The second-order valence-electron chi connectivity index (χ2n) is 6.06. The number of hydrogen-bond donors (Lipinski definition) is 2. The molecule has 0 aliphatic carbocycles. The summed E-state index contributed by atoms with van der Waals surface area (Å²) in [5, 5.41) is 5.74. The number of nitrogens with zero attached hydrogens (tertiary/aromatic N) is 2. The van der Waals surface area contributed by atoms with E-state index in [1.54, 1.807) is 18.3 Å². The fraction of sp³-hybridized carbons (Fsp3) is 0.368. The van der Waals surface area contributed by atoms with Crippen LogP contribution >= 0.6 is 0 Å². The Morgan fingerprint density at radius 3 is 2.84 bits per heavy atom. The number of carbonyl (C=O) groups excluding carboxylic acids is 1. The number of anilines is 1. The molecule has 0 radical (unpaired) electrons. The van der Waals surface area contributed by atoms with Crippen LogP contribution in [0.2, 0.25) is 0 Å². The van der Waals surface area contributed by atoms with Gasteiger partial charge in [0, 0.05) is 18.7 Å². The molecule has 25 heavy (non-hydrogen) atoms. The zero-order chi connectivity index (χ0) is 17.5. The Balaban J connectivity index is 1.47. The van der Waals surface area contributed by atoms with E-state index in [4.69, 9.17) is 4.74 Å². The lowest BCUT2D eigenvalue weighted by molar-refractivity contribution is 0.238. The molecule has 2 amide bonds. The first-order valence-corrected chi connectivity index (χ1v) is 8.72. The summed E-state index contributed by atoms with van der Waals surface area (Å²) in [6.45, 7) is 4.98. The Morgan fingerprint density at radius 1 is 1.28 bits per heavy atom. The minimum absolute atomic E-state index is 0.207. The minimum atomic E-state index is -0.207. The van der Waals surface area contributed by atoms with Crippen molar-refractivity contribution in [2.45, 2.75) is 25.8 Å². The Hall–Kier alpha value is -2.60. The number of aromatic nitrogens is 1. The molecule has 0 saturated carbocycles. The fourth-order valence-corrected chi connectivity index (χ4v) is 3.05. The lowest BCUT2D eigenvalue weighted by atomic mass is 10.2. The summed E-state index contributed by atoms with van der Waals surface area (Å²) in [4.78, 5) is 18.7. The van der Waals surface area contributed by atoms with Gasteiger partial charge in [0.1, 0.15) is 5.75 Å². The van der Waals surface area contributed by atoms with Crippen molar-refractivity contribution in [3.05, 3.63) is 48.7 Å². The van der Waals surface area contributed by atoms with Crippen molar-refractivity contribution in [1.29, 1.82) is 0 Å². The zero-order valence-electron chi connectivity index (χ0n) is 14.4. The van der Waals surface area contributed by atoms with Crippen molar-refractivity contribution < 1.29 is 9.53 Å². The standard InChI is InChI=1S/C19H24N4O2/c1-2-23-12-6-7-16(23)14-21-19(24)22-15-10-11-18(20-13-15)25-17-8-4-3-5-9-17/h3-5,8-11,13,16H,2,6-7,12,14H2,1H3,(H2,21,22,24)/t16-/m1/s1. The molecule has 6 nitrogen and oxygen atoms in total. The van der Waals surface area contributed by atoms with Crippen LogP contribution in [0.3, 0.4) is 0 Å². The minimum Gasteiger partial charge on any atom is -0.439 e. The second kappa shape index (κ2) is 8.48. The first-order valence-electron chi connectivity index (χ1n) is 8.72. The maximum Gasteiger partial charge on any atom is 0.319 e. The molecule has 1 saturated heterocycles. The van der Waals surface area contributed by atoms with E-state index in [-0.39, 0.29) is 6.03 Å². The van der Waals surface area contributed by atoms with Crippen molar-refractivity contribution in [2.75, 3.05) is 25.0 Å². The van der Waals surface area contributed by atoms with Crippen LogP contribution in [0.1, 0.15) is 19.8 Å². The predicted molar refractivity (Wildman–Crippen MR) is 98.0 cm³/mol. The van der Waals surface area contributed by atoms with E-state index < -0.39 is 0 Å². The Bertz CT molecular complexity index is 676. The van der Waals surface area contributed by atoms with E-state index in [0.29, 0.717) is 24.2 Å². The second-order valence-corrected chi connectivity index (χ2v) is 6.06. The van der Waals surface area contributed by atoms with Crippen molar-refractivity contribution >= 4 is 11.7 Å². The highest BCUT2D eigenvalue weighted by Crippen LogP contribution is 2.20. The van der Waals surface area contributed by atoms with Crippen LogP contribution in [-0.4, -0.2) is 41.6 Å². The quantitative estimate of drug-likeness (QED) is 0.845. The van der Waals surface area contributed by atoms with Gasteiger partial charge in [0.2, 0.25) is 5.88 Å². The average molecular weight is 340 g/mol. The molecule has 132 valence electrons. The predicted octanol–water partition coefficient (Wildman–Crippen LogP) is 3.48. The first kappa shape index (κ1) is 17.2. The highest BCUT2D eigenvalue weighted by atomic mass is 16.5. The third-order valence-electron chi connectivity index (χ3n) is 4.36. The van der Waals surface area contributed by atoms with E-state index in [1.807, 2.05) is 30.3 Å². The molecule has 1 aromatic heterocycles. The molecular weight excluding hydrogens is 316 g/mol. The van der Waals surface area contributed by atoms with Gasteiger partial charge >= 0.3 is 6.03 Å². The van der Waals surface area contributed by atoms with Gasteiger partial charge < -0.3 is 15.4 Å². The van der Waals surface area contributed by atoms with Crippen LogP contribution in [0.5, 0.6) is 11.6 Å². The van der Waals surface area contributed by atoms with E-state index >= 15 is 0 Å². The molecule has 1 aromatic carbocycles. The van der Waals surface area contributed by atoms with Gasteiger partial charge in [-0.1, -0.05) is 25.1 Å². The summed E-state index contributed by atoms with van der Waals surface area (Å²) >= 11 is 0. The first-order chi connectivity index (χ1) is 12.2. The largest absolute Gasteiger partial charge is 0.439 e. The number of benzene rings is 1. The summed E-state index contributed by atoms with van der Waals surface area (Å²) in [6.07, 6.45) is 3.93. The number of likely N-dealkylation sites (tertiary alicyclic amines) is 1. The van der Waals surface area contributed by atoms with Crippen LogP contribution in [0.25, 0.3) is 0 Å². The lowest BCUT2D eigenvalue weighted by Gasteiger charge is -2.22. The number of hydrogen-bond acceptors (Lipinski definition) is 4. The summed E-state index contributed by atoms with van der Waals surface area (Å²) < 4.78 is 5.63. The van der Waals surface area contributed by atoms with Crippen LogP contribution < -0.4 is 15.4 Å². The topological polar surface area (TPSA) is 66.5 Å². The monoisotopic (exact) mass is 340 g/mol. The number of para-hydroxylation sites is 1. The molecule has 1 atom stereocenters. The van der Waals surface area contributed by atoms with Crippen LogP contribution in [0.4, 0.5) is 10.5 Å². The van der Waals surface area contributed by atoms with Gasteiger partial charge in [0.15, 0.2) is 0 Å². The number of nitrogens with one attached hydrogen (secondary N) is 2. The molecule has 6 heteroatoms. The van der Waals surface area contributed by atoms with Gasteiger partial charge in [-0.05, 0) is 44.1 Å². The van der Waals surface area contributed by atoms with Crippen molar-refractivity contribution in [1.82, 2.24) is 15.2 Å². The Morgan fingerprint density at radius 2 is 2.12 bits per heavy atom. The summed E-state index contributed by atoms with van der Waals surface area (Å²) in [6, 6.07) is 13.2. The Labute approximate surface area is 148 Å². The number of rotatable bonds is 6. The third kappa shape index (κ3) is 4.93. The fourth-order valence-electron chi connectivity index (χ4n) is 3.05. The average Bonchev–Trinajstić information content (AvgIpc) is 3.10. The SMILES string of the molecule is CCN1CCC[C@@H]1CNC(=O)Nc1ccc(Oc2ccccc2)nc1. The van der Waals surface area contributed by atoms with E-state index in [0.717, 1.165) is 25.3 Å². The molecule has 1 aliphatic rings. The zero-order valence-corrected chi connectivity index (χ0v) is 14.4. The van der Waals surface area contributed by atoms with Crippen molar-refractivity contribution in [3.63, 3.8) is 0 Å². The molecule has 0 unspecified atom stereocenters. The number of urea groups is 1. The number of amides is 2. The highest BCUT2D eigenvalue weighted by Gasteiger charge is 2.23. The van der Waals surface area contributed by atoms with Gasteiger partial charge in [-0.15, -0.1) is 0 Å². The molecule has 2 N–H and O–H groups in total. The Kier molecular flexibility index (Phi) is 5.85. The molecule has 1 fully saturated rings. The van der Waals surface area contributed by atoms with Crippen molar-refractivity contribution in [2.24, 2.45) is 0 Å². The number of carbonyl (C=O) groups is 1. The van der Waals surface area contributed by atoms with E-state index in [2.05, 4.69) is 27.4 Å². The van der Waals surface area contributed by atoms with Gasteiger partial charge in [0.05, 0.1) is 11.9 Å². The van der Waals surface area contributed by atoms with Crippen LogP contribution in [-0.2, 0) is 0 Å². The smallest absolute Gasteiger partial charge is 0.319 e. The van der Waals surface area contributed by atoms with E-state index in [1.165, 1.54) is 6.42 Å². The lowest BCUT2D eigenvalue weighted by Crippen LogP contribution is -2.41. The van der Waals surface area contributed by atoms with Gasteiger partial charge in [0.25, 0.3) is 0 Å². The maximum atomic E-state index is 12.0. The van der Waals surface area contributed by atoms with Gasteiger partial charge in [-0.2, -0.15) is 0 Å². The molecular formula is C19H24N4O2. The normalized spacial score (nSPS) is 17.2. The maximum absolute atomic E-state index is 12.0. The summed E-state index contributed by atoms with van der Waals surface area (Å²) in [7, 11) is 0. The third-order valence-corrected chi connectivity index (χ3v) is 4.36. The number of ether oxygens (including phenoxy) is 1. The van der Waals surface area contributed by atoms with Crippen LogP contribution in [0.15, 0.2) is 48.7 Å². The molecule has 3 rings (SSSR count). The summed E-state index contributed by atoms with van der Waals surface area (Å²) in [5.41, 5.74) is 0.636. The van der Waals surface area contributed by atoms with E-state index in [9.17, 15) is 4.79 Å². The molecule has 0 bridgehead atoms. The van der Waals surface area contributed by atoms with Crippen LogP contribution in [0, 0.1) is 0 Å².